The molecule has 0 unspecified atom stereocenters. The van der Waals surface area contributed by atoms with Gasteiger partial charge in [-0.2, -0.15) is 0 Å². The van der Waals surface area contributed by atoms with E-state index in [9.17, 15) is 4.79 Å². The zero-order valence-corrected chi connectivity index (χ0v) is 15.9. The number of hydrogen-bond donors (Lipinski definition) is 2. The van der Waals surface area contributed by atoms with E-state index in [0.29, 0.717) is 16.9 Å². The number of amidine groups is 1. The van der Waals surface area contributed by atoms with Gasteiger partial charge in [-0.15, -0.1) is 0 Å². The number of fused-ring (bicyclic) bond motifs is 1. The van der Waals surface area contributed by atoms with E-state index in [1.165, 1.54) is 5.56 Å². The molecule has 0 aliphatic heterocycles. The van der Waals surface area contributed by atoms with Crippen molar-refractivity contribution in [3.63, 3.8) is 0 Å². The zero-order valence-electron chi connectivity index (χ0n) is 15.9. The molecule has 0 saturated heterocycles. The first kappa shape index (κ1) is 18.6. The number of nitrogen functional groups attached to an aromatic ring is 1. The van der Waals surface area contributed by atoms with Crippen molar-refractivity contribution in [2.45, 2.75) is 27.2 Å². The van der Waals surface area contributed by atoms with Crippen LogP contribution in [0.1, 0.15) is 42.3 Å². The highest BCUT2D eigenvalue weighted by molar-refractivity contribution is 6.03. The van der Waals surface area contributed by atoms with E-state index in [1.807, 2.05) is 36.4 Å². The van der Waals surface area contributed by atoms with Crippen molar-refractivity contribution in [3.8, 4) is 5.75 Å². The van der Waals surface area contributed by atoms with Crippen molar-refractivity contribution >= 4 is 22.6 Å². The Morgan fingerprint density at radius 2 is 1.59 bits per heavy atom. The highest BCUT2D eigenvalue weighted by atomic mass is 16.5. The number of nitrogens with one attached hydrogen (secondary N) is 1. The van der Waals surface area contributed by atoms with Gasteiger partial charge in [-0.25, -0.2) is 4.79 Å². The van der Waals surface area contributed by atoms with E-state index < -0.39 is 5.97 Å². The first-order chi connectivity index (χ1) is 12.7. The van der Waals surface area contributed by atoms with Gasteiger partial charge < -0.3 is 10.5 Å². The van der Waals surface area contributed by atoms with E-state index in [-0.39, 0.29) is 11.3 Å². The summed E-state index contributed by atoms with van der Waals surface area (Å²) in [6.45, 7) is 6.54. The molecular weight excluding hydrogens is 336 g/mol. The minimum atomic E-state index is -0.463. The lowest BCUT2D eigenvalue weighted by Gasteiger charge is -2.18. The van der Waals surface area contributed by atoms with Gasteiger partial charge in [-0.05, 0) is 52.4 Å². The van der Waals surface area contributed by atoms with E-state index in [4.69, 9.17) is 15.9 Å². The molecule has 0 radical (unpaired) electrons. The maximum atomic E-state index is 12.6. The Bertz CT molecular complexity index is 999. The van der Waals surface area contributed by atoms with Crippen LogP contribution in [-0.4, -0.2) is 11.8 Å². The van der Waals surface area contributed by atoms with Crippen LogP contribution in [0.3, 0.4) is 0 Å². The number of benzene rings is 3. The second-order valence-electron chi connectivity index (χ2n) is 7.93. The highest BCUT2D eigenvalue weighted by Gasteiger charge is 2.16. The number of ether oxygens (including phenoxy) is 1. The normalized spacial score (nSPS) is 11.4. The van der Waals surface area contributed by atoms with E-state index >= 15 is 0 Å². The Labute approximate surface area is 159 Å². The molecule has 3 rings (SSSR count). The summed E-state index contributed by atoms with van der Waals surface area (Å²) in [5.74, 6) is -0.302. The molecule has 3 aromatic rings. The van der Waals surface area contributed by atoms with Gasteiger partial charge in [-0.3, -0.25) is 5.41 Å². The lowest BCUT2D eigenvalue weighted by Crippen LogP contribution is -2.16. The maximum Gasteiger partial charge on any atom is 0.343 e. The fourth-order valence-electron chi connectivity index (χ4n) is 3.04. The number of rotatable bonds is 4. The van der Waals surface area contributed by atoms with Gasteiger partial charge in [0, 0.05) is 0 Å². The molecular formula is C23H24N2O2. The predicted octanol–water partition coefficient (Wildman–Crippen LogP) is 4.93. The summed E-state index contributed by atoms with van der Waals surface area (Å²) < 4.78 is 5.58. The van der Waals surface area contributed by atoms with Crippen LogP contribution in [0.2, 0.25) is 0 Å². The molecule has 0 spiro atoms. The third-order valence-corrected chi connectivity index (χ3v) is 4.26. The van der Waals surface area contributed by atoms with Gasteiger partial charge in [0.1, 0.15) is 11.6 Å². The third kappa shape index (κ3) is 4.53. The molecule has 4 heteroatoms. The molecule has 0 aliphatic rings. The molecule has 138 valence electrons. The van der Waals surface area contributed by atoms with Crippen LogP contribution in [0.15, 0.2) is 60.7 Å². The van der Waals surface area contributed by atoms with E-state index in [2.05, 4.69) is 20.8 Å². The first-order valence-electron chi connectivity index (χ1n) is 8.91. The molecule has 0 aromatic heterocycles. The van der Waals surface area contributed by atoms with Crippen LogP contribution in [0.25, 0.3) is 10.8 Å². The molecule has 0 amide bonds. The molecule has 3 aromatic carbocycles. The molecule has 0 aliphatic carbocycles. The fourth-order valence-corrected chi connectivity index (χ4v) is 3.04. The van der Waals surface area contributed by atoms with Gasteiger partial charge in [0.05, 0.1) is 11.1 Å². The zero-order chi connectivity index (χ0) is 19.6. The van der Waals surface area contributed by atoms with E-state index in [0.717, 1.165) is 17.2 Å². The number of nitrogens with two attached hydrogens (primary N) is 1. The average Bonchev–Trinajstić information content (AvgIpc) is 2.60. The monoisotopic (exact) mass is 360 g/mol. The summed E-state index contributed by atoms with van der Waals surface area (Å²) >= 11 is 0. The van der Waals surface area contributed by atoms with Gasteiger partial charge in [0.15, 0.2) is 0 Å². The fraction of sp³-hybridized carbons (Fsp3) is 0.217. The summed E-state index contributed by atoms with van der Waals surface area (Å²) in [6.07, 6.45) is 0.932. The molecule has 4 nitrogen and oxygen atoms in total. The molecule has 0 heterocycles. The van der Waals surface area contributed by atoms with Gasteiger partial charge in [-0.1, -0.05) is 57.2 Å². The topological polar surface area (TPSA) is 76.2 Å². The average molecular weight is 360 g/mol. The van der Waals surface area contributed by atoms with Crippen molar-refractivity contribution in [1.82, 2.24) is 0 Å². The minimum absolute atomic E-state index is 0.135. The largest absolute Gasteiger partial charge is 0.422 e. The molecule has 0 atom stereocenters. The molecule has 0 bridgehead atoms. The van der Waals surface area contributed by atoms with Crippen molar-refractivity contribution in [2.24, 2.45) is 11.1 Å². The van der Waals surface area contributed by atoms with Crippen LogP contribution < -0.4 is 10.5 Å². The number of hydrogen-bond acceptors (Lipinski definition) is 3. The summed E-state index contributed by atoms with van der Waals surface area (Å²) in [4.78, 5) is 12.6. The Balaban J connectivity index is 1.87. The smallest absolute Gasteiger partial charge is 0.343 e. The molecule has 3 N–H and O–H groups in total. The summed E-state index contributed by atoms with van der Waals surface area (Å²) in [5, 5.41) is 9.66. The maximum absolute atomic E-state index is 12.6. The summed E-state index contributed by atoms with van der Waals surface area (Å²) in [5.41, 5.74) is 7.93. The minimum Gasteiger partial charge on any atom is -0.422 e. The van der Waals surface area contributed by atoms with Gasteiger partial charge >= 0.3 is 5.97 Å². The number of carbonyl (C=O) groups is 1. The Morgan fingerprint density at radius 1 is 1.00 bits per heavy atom. The first-order valence-corrected chi connectivity index (χ1v) is 8.91. The van der Waals surface area contributed by atoms with Crippen LogP contribution in [-0.2, 0) is 6.42 Å². The number of esters is 1. The van der Waals surface area contributed by atoms with Crippen molar-refractivity contribution < 1.29 is 9.53 Å². The van der Waals surface area contributed by atoms with Crippen LogP contribution >= 0.6 is 0 Å². The standard InChI is InChI=1S/C23H24N2O2/c1-23(2,3)14-15-8-10-16(11-9-15)22(26)27-20-13-18-7-5-4-6-17(18)12-19(20)21(24)25/h4-13H,14H2,1-3H3,(H3,24,25). The van der Waals surface area contributed by atoms with Crippen molar-refractivity contribution in [3.05, 3.63) is 77.4 Å². The van der Waals surface area contributed by atoms with Crippen LogP contribution in [0.5, 0.6) is 5.75 Å². The highest BCUT2D eigenvalue weighted by Crippen LogP contribution is 2.27. The summed E-state index contributed by atoms with van der Waals surface area (Å²) in [7, 11) is 0. The second kappa shape index (κ2) is 7.23. The molecule has 0 fully saturated rings. The lowest BCUT2D eigenvalue weighted by molar-refractivity contribution is 0.0734. The molecule has 27 heavy (non-hydrogen) atoms. The van der Waals surface area contributed by atoms with Gasteiger partial charge in [0.25, 0.3) is 0 Å². The Morgan fingerprint density at radius 3 is 2.15 bits per heavy atom. The SMILES string of the molecule is CC(C)(C)Cc1ccc(C(=O)Oc2cc3ccccc3cc2C(=N)N)cc1. The third-order valence-electron chi connectivity index (χ3n) is 4.26. The number of carbonyl (C=O) groups excluding carboxylic acids is 1. The van der Waals surface area contributed by atoms with Crippen LogP contribution in [0.4, 0.5) is 0 Å². The van der Waals surface area contributed by atoms with E-state index in [1.54, 1.807) is 24.3 Å². The quantitative estimate of drug-likeness (QED) is 0.300. The van der Waals surface area contributed by atoms with Crippen LogP contribution in [0, 0.1) is 10.8 Å². The molecule has 0 saturated carbocycles. The predicted molar refractivity (Wildman–Crippen MR) is 110 cm³/mol. The van der Waals surface area contributed by atoms with Crippen molar-refractivity contribution in [2.75, 3.05) is 0 Å². The Kier molecular flexibility index (Phi) is 5.00. The lowest BCUT2D eigenvalue weighted by atomic mass is 9.88. The van der Waals surface area contributed by atoms with Gasteiger partial charge in [0.2, 0.25) is 0 Å². The second-order valence-corrected chi connectivity index (χ2v) is 7.93. The Hall–Kier alpha value is -3.14. The summed E-state index contributed by atoms with van der Waals surface area (Å²) in [6, 6.07) is 18.7. The van der Waals surface area contributed by atoms with Crippen molar-refractivity contribution in [1.29, 1.82) is 5.41 Å².